The molecule has 0 aliphatic heterocycles. The lowest BCUT2D eigenvalue weighted by molar-refractivity contribution is 1.18. The Bertz CT molecular complexity index is 2360. The molecule has 0 amide bonds. The van der Waals surface area contributed by atoms with Crippen LogP contribution >= 0.6 is 0 Å². The van der Waals surface area contributed by atoms with E-state index in [0.717, 1.165) is 22.5 Å². The fourth-order valence-electron chi connectivity index (χ4n) is 6.64. The number of para-hydroxylation sites is 4. The zero-order valence-corrected chi connectivity index (χ0v) is 25.2. The van der Waals surface area contributed by atoms with Crippen molar-refractivity contribution in [3.63, 3.8) is 0 Å². The van der Waals surface area contributed by atoms with Gasteiger partial charge in [-0.2, -0.15) is 0 Å². The number of rotatable bonds is 6. The van der Waals surface area contributed by atoms with Crippen LogP contribution in [0.5, 0.6) is 0 Å². The first-order chi connectivity index (χ1) is 22.2. The molecule has 2 aromatic heterocycles. The predicted octanol–water partition coefficient (Wildman–Crippen LogP) is 11.6. The Kier molecular flexibility index (Phi) is 6.54. The molecule has 0 N–H and O–H groups in total. The van der Waals surface area contributed by atoms with E-state index in [1.54, 1.807) is 0 Å². The monoisotopic (exact) mass is 576 g/mol. The molecule has 0 spiro atoms. The summed E-state index contributed by atoms with van der Waals surface area (Å²) in [6, 6.07) is 52.0. The Balaban J connectivity index is 1.09. The quantitative estimate of drug-likeness (QED) is 0.174. The van der Waals surface area contributed by atoms with E-state index in [-0.39, 0.29) is 0 Å². The molecule has 2 heterocycles. The van der Waals surface area contributed by atoms with Gasteiger partial charge in [-0.3, -0.25) is 0 Å². The van der Waals surface area contributed by atoms with E-state index in [0.29, 0.717) is 0 Å². The number of nitrogens with zero attached hydrogens (tertiary/aromatic N) is 2. The van der Waals surface area contributed by atoms with Crippen molar-refractivity contribution in [1.82, 2.24) is 9.13 Å². The standard InChI is InChI=1S/C43H32N2/c1-30(32-16-12-18-34(28-32)44-40-24-7-3-20-36(40)37-21-4-8-25-41(37)44)14-11-15-31(2)33-17-13-19-35(29-33)45-42-26-9-5-22-38(42)39-23-6-10-27-43(39)45/h3-29H,1H2,2H3/b14-11-,31-15+. The molecule has 0 aliphatic rings. The molecule has 8 rings (SSSR count). The number of benzene rings is 6. The first-order valence-electron chi connectivity index (χ1n) is 15.4. The number of allylic oxidation sites excluding steroid dienone is 5. The predicted molar refractivity (Wildman–Crippen MR) is 193 cm³/mol. The molecule has 0 saturated carbocycles. The van der Waals surface area contributed by atoms with Crippen molar-refractivity contribution < 1.29 is 0 Å². The Morgan fingerprint density at radius 2 is 0.889 bits per heavy atom. The van der Waals surface area contributed by atoms with Crippen molar-refractivity contribution in [2.75, 3.05) is 0 Å². The summed E-state index contributed by atoms with van der Waals surface area (Å²) in [5.41, 5.74) is 11.6. The highest BCUT2D eigenvalue weighted by Crippen LogP contribution is 2.34. The maximum absolute atomic E-state index is 4.42. The minimum absolute atomic E-state index is 0.973. The lowest BCUT2D eigenvalue weighted by Crippen LogP contribution is -1.95. The van der Waals surface area contributed by atoms with Crippen LogP contribution < -0.4 is 0 Å². The Morgan fingerprint density at radius 3 is 1.36 bits per heavy atom. The van der Waals surface area contributed by atoms with Crippen molar-refractivity contribution >= 4 is 54.8 Å². The highest BCUT2D eigenvalue weighted by molar-refractivity contribution is 6.10. The van der Waals surface area contributed by atoms with Crippen LogP contribution in [0.4, 0.5) is 0 Å². The van der Waals surface area contributed by atoms with Crippen LogP contribution in [-0.2, 0) is 0 Å². The van der Waals surface area contributed by atoms with E-state index in [9.17, 15) is 0 Å². The smallest absolute Gasteiger partial charge is 0.0541 e. The third kappa shape index (κ3) is 4.59. The van der Waals surface area contributed by atoms with Crippen LogP contribution in [0.1, 0.15) is 18.1 Å². The molecule has 0 unspecified atom stereocenters. The molecule has 0 bridgehead atoms. The van der Waals surface area contributed by atoms with Gasteiger partial charge < -0.3 is 9.13 Å². The van der Waals surface area contributed by atoms with E-state index in [1.807, 2.05) is 0 Å². The molecule has 0 fully saturated rings. The van der Waals surface area contributed by atoms with Crippen molar-refractivity contribution in [2.45, 2.75) is 6.92 Å². The summed E-state index contributed by atoms with van der Waals surface area (Å²) in [7, 11) is 0. The zero-order chi connectivity index (χ0) is 30.3. The summed E-state index contributed by atoms with van der Waals surface area (Å²) < 4.78 is 4.71. The third-order valence-corrected chi connectivity index (χ3v) is 8.84. The van der Waals surface area contributed by atoms with Gasteiger partial charge in [0.15, 0.2) is 0 Å². The summed E-state index contributed by atoms with van der Waals surface area (Å²) in [6.45, 7) is 6.59. The molecule has 0 radical (unpaired) electrons. The second kappa shape index (κ2) is 11.0. The SMILES string of the molecule is C=C(/C=C\C=C(/C)c1cccc(-n2c3ccccc3c3ccccc32)c1)c1cccc(-n2c3ccccc3c3ccccc32)c1. The van der Waals surface area contributed by atoms with Crippen LogP contribution in [0.3, 0.4) is 0 Å². The molecule has 2 heteroatoms. The molecule has 0 atom stereocenters. The largest absolute Gasteiger partial charge is 0.309 e. The minimum Gasteiger partial charge on any atom is -0.309 e. The summed E-state index contributed by atoms with van der Waals surface area (Å²) in [5.74, 6) is 0. The molecule has 214 valence electrons. The van der Waals surface area contributed by atoms with Gasteiger partial charge in [-0.05, 0) is 77.7 Å². The Hall–Kier alpha value is -5.86. The lowest BCUT2D eigenvalue weighted by Gasteiger charge is -2.10. The highest BCUT2D eigenvalue weighted by atomic mass is 15.0. The Labute approximate surface area is 263 Å². The van der Waals surface area contributed by atoms with Gasteiger partial charge >= 0.3 is 0 Å². The lowest BCUT2D eigenvalue weighted by atomic mass is 10.0. The summed E-state index contributed by atoms with van der Waals surface area (Å²) in [6.07, 6.45) is 6.39. The van der Waals surface area contributed by atoms with E-state index in [2.05, 4.69) is 186 Å². The zero-order valence-electron chi connectivity index (χ0n) is 25.2. The van der Waals surface area contributed by atoms with Crippen molar-refractivity contribution in [1.29, 1.82) is 0 Å². The van der Waals surface area contributed by atoms with Crippen molar-refractivity contribution in [2.24, 2.45) is 0 Å². The summed E-state index contributed by atoms with van der Waals surface area (Å²) >= 11 is 0. The molecular formula is C43H32N2. The van der Waals surface area contributed by atoms with E-state index < -0.39 is 0 Å². The minimum atomic E-state index is 0.973. The summed E-state index contributed by atoms with van der Waals surface area (Å²) in [4.78, 5) is 0. The van der Waals surface area contributed by atoms with Crippen molar-refractivity contribution in [3.8, 4) is 11.4 Å². The molecule has 0 saturated heterocycles. The molecule has 8 aromatic rings. The first kappa shape index (κ1) is 26.7. The molecule has 45 heavy (non-hydrogen) atoms. The first-order valence-corrected chi connectivity index (χ1v) is 15.4. The fraction of sp³-hybridized carbons (Fsp3) is 0.0233. The number of hydrogen-bond acceptors (Lipinski definition) is 0. The molecule has 6 aromatic carbocycles. The van der Waals surface area contributed by atoms with Crippen LogP contribution in [0.2, 0.25) is 0 Å². The van der Waals surface area contributed by atoms with Crippen LogP contribution in [0.25, 0.3) is 66.1 Å². The maximum atomic E-state index is 4.42. The topological polar surface area (TPSA) is 9.86 Å². The molecule has 0 aliphatic carbocycles. The van der Waals surface area contributed by atoms with Gasteiger partial charge in [-0.1, -0.05) is 122 Å². The van der Waals surface area contributed by atoms with Gasteiger partial charge in [0.1, 0.15) is 0 Å². The van der Waals surface area contributed by atoms with Crippen molar-refractivity contribution in [3.05, 3.63) is 182 Å². The van der Waals surface area contributed by atoms with E-state index >= 15 is 0 Å². The van der Waals surface area contributed by atoms with Gasteiger partial charge in [-0.15, -0.1) is 0 Å². The fourth-order valence-corrected chi connectivity index (χ4v) is 6.64. The second-order valence-electron chi connectivity index (χ2n) is 11.6. The maximum Gasteiger partial charge on any atom is 0.0541 e. The normalized spacial score (nSPS) is 12.2. The van der Waals surface area contributed by atoms with E-state index in [1.165, 1.54) is 54.7 Å². The van der Waals surface area contributed by atoms with Crippen LogP contribution in [0.15, 0.2) is 170 Å². The van der Waals surface area contributed by atoms with Gasteiger partial charge in [0.25, 0.3) is 0 Å². The van der Waals surface area contributed by atoms with Gasteiger partial charge in [-0.25, -0.2) is 0 Å². The number of hydrogen-bond donors (Lipinski definition) is 0. The van der Waals surface area contributed by atoms with Crippen LogP contribution in [-0.4, -0.2) is 9.13 Å². The highest BCUT2D eigenvalue weighted by Gasteiger charge is 2.13. The van der Waals surface area contributed by atoms with Gasteiger partial charge in [0.05, 0.1) is 22.1 Å². The second-order valence-corrected chi connectivity index (χ2v) is 11.6. The molecule has 2 nitrogen and oxygen atoms in total. The van der Waals surface area contributed by atoms with Crippen LogP contribution in [0, 0.1) is 0 Å². The number of aromatic nitrogens is 2. The average Bonchev–Trinajstić information content (AvgIpc) is 3.61. The summed E-state index contributed by atoms with van der Waals surface area (Å²) in [5, 5.41) is 5.07. The molecular weight excluding hydrogens is 544 g/mol. The van der Waals surface area contributed by atoms with E-state index in [4.69, 9.17) is 0 Å². The Morgan fingerprint density at radius 1 is 0.489 bits per heavy atom. The average molecular weight is 577 g/mol. The third-order valence-electron chi connectivity index (χ3n) is 8.84. The number of fused-ring (bicyclic) bond motifs is 6. The van der Waals surface area contributed by atoms with Gasteiger partial charge in [0.2, 0.25) is 0 Å². The van der Waals surface area contributed by atoms with Gasteiger partial charge in [0, 0.05) is 32.9 Å².